The zero-order chi connectivity index (χ0) is 9.78. The van der Waals surface area contributed by atoms with Gasteiger partial charge in [-0.05, 0) is 6.92 Å². The van der Waals surface area contributed by atoms with Crippen LogP contribution in [0.25, 0.3) is 0 Å². The lowest BCUT2D eigenvalue weighted by molar-refractivity contribution is -0.118. The van der Waals surface area contributed by atoms with E-state index in [0.29, 0.717) is 6.21 Å². The summed E-state index contributed by atoms with van der Waals surface area (Å²) in [5, 5.41) is 6.60. The van der Waals surface area contributed by atoms with Gasteiger partial charge in [0.15, 0.2) is 5.78 Å². The molecular formula is C7H11F2NOS. The first kappa shape index (κ1) is 11.6. The minimum atomic E-state index is -2.87. The third-order valence-corrected chi connectivity index (χ3v) is 1.81. The topological polar surface area (TPSA) is 40.9 Å². The van der Waals surface area contributed by atoms with Gasteiger partial charge in [0.05, 0.1) is 6.21 Å². The Kier molecular flexibility index (Phi) is 4.37. The van der Waals surface area contributed by atoms with Gasteiger partial charge in [-0.1, -0.05) is 0 Å². The largest absolute Gasteiger partial charge is 0.305 e. The lowest BCUT2D eigenvalue weighted by Crippen LogP contribution is -2.25. The van der Waals surface area contributed by atoms with E-state index in [-0.39, 0.29) is 5.75 Å². The lowest BCUT2D eigenvalue weighted by Gasteiger charge is -2.15. The van der Waals surface area contributed by atoms with E-state index in [0.717, 1.165) is 6.92 Å². The maximum Gasteiger partial charge on any atom is 0.246 e. The summed E-state index contributed by atoms with van der Waals surface area (Å²) in [4.78, 5) is 10.8. The highest BCUT2D eigenvalue weighted by Gasteiger charge is 2.29. The van der Waals surface area contributed by atoms with Crippen LogP contribution in [0.5, 0.6) is 0 Å². The number of carbonyl (C=O) groups is 1. The summed E-state index contributed by atoms with van der Waals surface area (Å²) in [7, 11) is 0. The number of hydrogen-bond acceptors (Lipinski definition) is 3. The van der Waals surface area contributed by atoms with Gasteiger partial charge in [0.2, 0.25) is 5.92 Å². The van der Waals surface area contributed by atoms with Crippen LogP contribution in [0, 0.1) is 11.3 Å². The van der Waals surface area contributed by atoms with Crippen molar-refractivity contribution in [3.05, 3.63) is 0 Å². The van der Waals surface area contributed by atoms with E-state index in [9.17, 15) is 13.6 Å². The highest BCUT2D eigenvalue weighted by Crippen LogP contribution is 2.23. The SMILES string of the molecule is CC(F)(F)CC(CS)C(=O)C=N. The summed E-state index contributed by atoms with van der Waals surface area (Å²) in [6.07, 6.45) is 0.0251. The Hall–Kier alpha value is -0.450. The first-order valence-corrected chi connectivity index (χ1v) is 4.07. The van der Waals surface area contributed by atoms with Crippen LogP contribution in [0.4, 0.5) is 8.78 Å². The van der Waals surface area contributed by atoms with E-state index in [1.165, 1.54) is 0 Å². The van der Waals surface area contributed by atoms with Crippen molar-refractivity contribution in [2.45, 2.75) is 19.3 Å². The molecule has 0 aliphatic rings. The zero-order valence-corrected chi connectivity index (χ0v) is 7.57. The molecule has 0 aromatic heterocycles. The van der Waals surface area contributed by atoms with Crippen LogP contribution in [0.2, 0.25) is 0 Å². The lowest BCUT2D eigenvalue weighted by atomic mass is 9.99. The van der Waals surface area contributed by atoms with Crippen molar-refractivity contribution in [3.63, 3.8) is 0 Å². The number of halogens is 2. The minimum absolute atomic E-state index is 0.0532. The van der Waals surface area contributed by atoms with Crippen molar-refractivity contribution < 1.29 is 13.6 Å². The number of alkyl halides is 2. The molecule has 0 heterocycles. The van der Waals surface area contributed by atoms with Crippen molar-refractivity contribution >= 4 is 24.6 Å². The van der Waals surface area contributed by atoms with Gasteiger partial charge in [0, 0.05) is 18.1 Å². The summed E-state index contributed by atoms with van der Waals surface area (Å²) in [6, 6.07) is 0. The second-order valence-corrected chi connectivity index (χ2v) is 3.07. The fourth-order valence-corrected chi connectivity index (χ4v) is 1.11. The van der Waals surface area contributed by atoms with Crippen molar-refractivity contribution in [2.75, 3.05) is 5.75 Å². The first-order chi connectivity index (χ1) is 5.40. The average Bonchev–Trinajstić information content (AvgIpc) is 1.97. The number of nitrogens with one attached hydrogen (secondary N) is 1. The molecule has 0 aromatic carbocycles. The van der Waals surface area contributed by atoms with Gasteiger partial charge in [0.1, 0.15) is 0 Å². The van der Waals surface area contributed by atoms with Gasteiger partial charge >= 0.3 is 0 Å². The molecule has 0 saturated carbocycles. The third kappa shape index (κ3) is 4.43. The Bertz CT molecular complexity index is 179. The Balaban J connectivity index is 4.18. The standard InChI is InChI=1S/C7H11F2NOS/c1-7(8,9)2-5(4-12)6(11)3-10/h3,5,10,12H,2,4H2,1H3. The van der Waals surface area contributed by atoms with Crippen LogP contribution in [-0.2, 0) is 4.79 Å². The summed E-state index contributed by atoms with van der Waals surface area (Å²) >= 11 is 3.76. The summed E-state index contributed by atoms with van der Waals surface area (Å²) in [5.74, 6) is -4.25. The van der Waals surface area contributed by atoms with Gasteiger partial charge < -0.3 is 5.41 Å². The molecule has 0 aromatic rings. The molecule has 0 spiro atoms. The van der Waals surface area contributed by atoms with Crippen molar-refractivity contribution in [1.29, 1.82) is 5.41 Å². The van der Waals surface area contributed by atoms with E-state index in [1.807, 2.05) is 0 Å². The molecule has 1 unspecified atom stereocenters. The predicted molar refractivity (Wildman–Crippen MR) is 46.4 cm³/mol. The molecule has 5 heteroatoms. The Morgan fingerprint density at radius 1 is 1.75 bits per heavy atom. The Morgan fingerprint density at radius 2 is 2.25 bits per heavy atom. The van der Waals surface area contributed by atoms with E-state index < -0.39 is 24.0 Å². The van der Waals surface area contributed by atoms with Gasteiger partial charge in [-0.3, -0.25) is 4.79 Å². The maximum absolute atomic E-state index is 12.4. The summed E-state index contributed by atoms with van der Waals surface area (Å²) < 4.78 is 24.8. The first-order valence-electron chi connectivity index (χ1n) is 3.43. The van der Waals surface area contributed by atoms with Gasteiger partial charge in [-0.25, -0.2) is 8.78 Å². The quantitative estimate of drug-likeness (QED) is 0.509. The monoisotopic (exact) mass is 195 g/mol. The summed E-state index contributed by atoms with van der Waals surface area (Å²) in [5.41, 5.74) is 0. The van der Waals surface area contributed by atoms with Crippen molar-refractivity contribution in [2.24, 2.45) is 5.92 Å². The second kappa shape index (κ2) is 4.54. The van der Waals surface area contributed by atoms with Crippen LogP contribution >= 0.6 is 12.6 Å². The van der Waals surface area contributed by atoms with Crippen LogP contribution in [0.3, 0.4) is 0 Å². The molecule has 0 radical (unpaired) electrons. The molecular weight excluding hydrogens is 184 g/mol. The number of hydrogen-bond donors (Lipinski definition) is 2. The van der Waals surface area contributed by atoms with Crippen LogP contribution in [-0.4, -0.2) is 23.7 Å². The van der Waals surface area contributed by atoms with Crippen LogP contribution < -0.4 is 0 Å². The maximum atomic E-state index is 12.4. The van der Waals surface area contributed by atoms with Gasteiger partial charge in [-0.2, -0.15) is 12.6 Å². The molecule has 0 aliphatic heterocycles. The van der Waals surface area contributed by atoms with E-state index in [2.05, 4.69) is 12.6 Å². The smallest absolute Gasteiger partial charge is 0.246 e. The van der Waals surface area contributed by atoms with Crippen LogP contribution in [0.15, 0.2) is 0 Å². The molecule has 0 fully saturated rings. The molecule has 0 aliphatic carbocycles. The molecule has 2 nitrogen and oxygen atoms in total. The molecule has 0 saturated heterocycles. The minimum Gasteiger partial charge on any atom is -0.305 e. The Labute approximate surface area is 75.3 Å². The highest BCUT2D eigenvalue weighted by atomic mass is 32.1. The molecule has 0 amide bonds. The zero-order valence-electron chi connectivity index (χ0n) is 6.68. The van der Waals surface area contributed by atoms with Crippen LogP contribution in [0.1, 0.15) is 13.3 Å². The van der Waals surface area contributed by atoms with Crippen molar-refractivity contribution in [3.8, 4) is 0 Å². The predicted octanol–water partition coefficient (Wildman–Crippen LogP) is 1.80. The highest BCUT2D eigenvalue weighted by molar-refractivity contribution is 7.80. The Morgan fingerprint density at radius 3 is 2.50 bits per heavy atom. The third-order valence-electron chi connectivity index (χ3n) is 1.37. The van der Waals surface area contributed by atoms with E-state index >= 15 is 0 Å². The normalized spacial score (nSPS) is 14.0. The molecule has 1 atom stereocenters. The van der Waals surface area contributed by atoms with Gasteiger partial charge in [-0.15, -0.1) is 0 Å². The van der Waals surface area contributed by atoms with Gasteiger partial charge in [0.25, 0.3) is 0 Å². The number of ketones is 1. The number of rotatable bonds is 5. The summed E-state index contributed by atoms with van der Waals surface area (Å²) in [6.45, 7) is 0.751. The fourth-order valence-electron chi connectivity index (χ4n) is 0.806. The molecule has 70 valence electrons. The number of carbonyl (C=O) groups excluding carboxylic acids is 1. The fraction of sp³-hybridized carbons (Fsp3) is 0.714. The second-order valence-electron chi connectivity index (χ2n) is 2.70. The van der Waals surface area contributed by atoms with Crippen molar-refractivity contribution in [1.82, 2.24) is 0 Å². The van der Waals surface area contributed by atoms with E-state index in [4.69, 9.17) is 5.41 Å². The molecule has 12 heavy (non-hydrogen) atoms. The molecule has 0 bridgehead atoms. The average molecular weight is 195 g/mol. The molecule has 1 N–H and O–H groups in total. The molecule has 0 rings (SSSR count). The number of Topliss-reactive ketones (excluding diaryl/α,β-unsaturated/α-hetero) is 1. The number of thiol groups is 1. The van der Waals surface area contributed by atoms with E-state index in [1.54, 1.807) is 0 Å².